The number of fused-ring (bicyclic) bond motifs is 1. The van der Waals surface area contributed by atoms with E-state index in [1.54, 1.807) is 24.3 Å². The van der Waals surface area contributed by atoms with E-state index >= 15 is 0 Å². The number of hydrogen-bond acceptors (Lipinski definition) is 6. The van der Waals surface area contributed by atoms with Gasteiger partial charge in [0, 0.05) is 12.8 Å². The number of imide groups is 2. The van der Waals surface area contributed by atoms with Crippen LogP contribution in [0.5, 0.6) is 0 Å². The lowest BCUT2D eigenvalue weighted by atomic mass is 10.1. The standard InChI is InChI=1S/C21H16N2O6/c24-17-9-10-18(25)23(17)14-7-5-13(6-8-14)21(28)29-12-11-22-19(26)15-3-1-2-4-16(15)20(22)27/h1-8H,9-12H2. The third-order valence-corrected chi connectivity index (χ3v) is 4.84. The Kier molecular flexibility index (Phi) is 4.67. The summed E-state index contributed by atoms with van der Waals surface area (Å²) in [4.78, 5) is 62.4. The van der Waals surface area contributed by atoms with Gasteiger partial charge in [-0.2, -0.15) is 0 Å². The molecule has 0 aliphatic carbocycles. The Labute approximate surface area is 165 Å². The molecule has 8 heteroatoms. The Hall–Kier alpha value is -3.81. The Bertz CT molecular complexity index is 992. The first kappa shape index (κ1) is 18.5. The molecule has 0 spiro atoms. The quantitative estimate of drug-likeness (QED) is 0.568. The maximum Gasteiger partial charge on any atom is 0.338 e. The molecule has 0 unspecified atom stereocenters. The lowest BCUT2D eigenvalue weighted by molar-refractivity contribution is -0.121. The summed E-state index contributed by atoms with van der Waals surface area (Å²) in [5, 5.41) is 0. The molecule has 0 N–H and O–H groups in total. The molecule has 2 aliphatic rings. The zero-order chi connectivity index (χ0) is 20.5. The molecule has 0 aromatic heterocycles. The van der Waals surface area contributed by atoms with Crippen molar-refractivity contribution in [2.24, 2.45) is 0 Å². The smallest absolute Gasteiger partial charge is 0.338 e. The highest BCUT2D eigenvalue weighted by Gasteiger charge is 2.35. The summed E-state index contributed by atoms with van der Waals surface area (Å²) in [6.45, 7) is -0.192. The van der Waals surface area contributed by atoms with E-state index in [0.29, 0.717) is 16.8 Å². The fourth-order valence-electron chi connectivity index (χ4n) is 3.37. The molecule has 146 valence electrons. The Morgan fingerprint density at radius 1 is 0.828 bits per heavy atom. The lowest BCUT2D eigenvalue weighted by Gasteiger charge is -2.15. The summed E-state index contributed by atoms with van der Waals surface area (Å²) in [6.07, 6.45) is 0.362. The summed E-state index contributed by atoms with van der Waals surface area (Å²) >= 11 is 0. The largest absolute Gasteiger partial charge is 0.460 e. The first-order chi connectivity index (χ1) is 14.0. The number of anilines is 1. The van der Waals surface area contributed by atoms with Gasteiger partial charge in [-0.15, -0.1) is 0 Å². The van der Waals surface area contributed by atoms with E-state index in [1.807, 2.05) is 0 Å². The summed E-state index contributed by atoms with van der Waals surface area (Å²) in [5.41, 5.74) is 1.31. The molecule has 0 saturated carbocycles. The highest BCUT2D eigenvalue weighted by Crippen LogP contribution is 2.24. The fraction of sp³-hybridized carbons (Fsp3) is 0.190. The molecule has 2 aromatic rings. The predicted octanol–water partition coefficient (Wildman–Crippen LogP) is 1.79. The number of rotatable bonds is 5. The Morgan fingerprint density at radius 2 is 1.38 bits per heavy atom. The third-order valence-electron chi connectivity index (χ3n) is 4.84. The van der Waals surface area contributed by atoms with Gasteiger partial charge in [-0.25, -0.2) is 4.79 Å². The van der Waals surface area contributed by atoms with E-state index in [1.165, 1.54) is 24.3 Å². The maximum absolute atomic E-state index is 12.3. The van der Waals surface area contributed by atoms with Gasteiger partial charge in [-0.1, -0.05) is 12.1 Å². The molecule has 2 aliphatic heterocycles. The van der Waals surface area contributed by atoms with Crippen molar-refractivity contribution in [1.29, 1.82) is 0 Å². The van der Waals surface area contributed by atoms with Crippen LogP contribution in [0.25, 0.3) is 0 Å². The second-order valence-electron chi connectivity index (χ2n) is 6.61. The van der Waals surface area contributed by atoms with Gasteiger partial charge in [0.2, 0.25) is 11.8 Å². The van der Waals surface area contributed by atoms with Crippen LogP contribution in [0.3, 0.4) is 0 Å². The molecule has 4 rings (SSSR count). The summed E-state index contributed by atoms with van der Waals surface area (Å²) in [5.74, 6) is -2.00. The number of hydrogen-bond donors (Lipinski definition) is 0. The van der Waals surface area contributed by atoms with Crippen molar-refractivity contribution in [2.45, 2.75) is 12.8 Å². The number of carbonyl (C=O) groups excluding carboxylic acids is 5. The number of carbonyl (C=O) groups is 5. The Morgan fingerprint density at radius 3 is 1.93 bits per heavy atom. The van der Waals surface area contributed by atoms with Gasteiger partial charge in [0.1, 0.15) is 6.61 Å². The van der Waals surface area contributed by atoms with Gasteiger partial charge >= 0.3 is 5.97 Å². The van der Waals surface area contributed by atoms with Gasteiger partial charge < -0.3 is 4.74 Å². The normalized spacial score (nSPS) is 15.9. The van der Waals surface area contributed by atoms with Crippen molar-refractivity contribution in [2.75, 3.05) is 18.1 Å². The molecule has 1 fully saturated rings. The summed E-state index contributed by atoms with van der Waals surface area (Å²) in [6, 6.07) is 12.4. The minimum atomic E-state index is -0.632. The molecular formula is C21H16N2O6. The van der Waals surface area contributed by atoms with Crippen LogP contribution in [0.15, 0.2) is 48.5 Å². The number of benzene rings is 2. The highest BCUT2D eigenvalue weighted by molar-refractivity contribution is 6.21. The van der Waals surface area contributed by atoms with E-state index < -0.39 is 17.8 Å². The van der Waals surface area contributed by atoms with E-state index in [0.717, 1.165) is 9.80 Å². The van der Waals surface area contributed by atoms with Crippen molar-refractivity contribution in [3.05, 3.63) is 65.2 Å². The number of nitrogens with zero attached hydrogens (tertiary/aromatic N) is 2. The van der Waals surface area contributed by atoms with Gasteiger partial charge in [0.25, 0.3) is 11.8 Å². The predicted molar refractivity (Wildman–Crippen MR) is 100 cm³/mol. The topological polar surface area (TPSA) is 101 Å². The zero-order valence-electron chi connectivity index (χ0n) is 15.3. The molecule has 2 aromatic carbocycles. The second kappa shape index (κ2) is 7.31. The van der Waals surface area contributed by atoms with E-state index in [-0.39, 0.29) is 43.4 Å². The average Bonchev–Trinajstić information content (AvgIpc) is 3.19. The van der Waals surface area contributed by atoms with Gasteiger partial charge in [0.15, 0.2) is 0 Å². The molecule has 0 atom stereocenters. The monoisotopic (exact) mass is 392 g/mol. The SMILES string of the molecule is O=C(OCCN1C(=O)c2ccccc2C1=O)c1ccc(N2C(=O)CCC2=O)cc1. The maximum atomic E-state index is 12.3. The molecular weight excluding hydrogens is 376 g/mol. The van der Waals surface area contributed by atoms with E-state index in [9.17, 15) is 24.0 Å². The lowest BCUT2D eigenvalue weighted by Crippen LogP contribution is -2.33. The van der Waals surface area contributed by atoms with Crippen LogP contribution in [-0.2, 0) is 14.3 Å². The van der Waals surface area contributed by atoms with Gasteiger partial charge in [-0.3, -0.25) is 29.0 Å². The average molecular weight is 392 g/mol. The van der Waals surface area contributed by atoms with Crippen molar-refractivity contribution >= 4 is 35.3 Å². The van der Waals surface area contributed by atoms with Crippen LogP contribution in [0.1, 0.15) is 43.9 Å². The number of ether oxygens (including phenoxy) is 1. The van der Waals surface area contributed by atoms with Crippen LogP contribution in [0.4, 0.5) is 5.69 Å². The number of esters is 1. The van der Waals surface area contributed by atoms with Crippen molar-refractivity contribution in [1.82, 2.24) is 4.90 Å². The van der Waals surface area contributed by atoms with Crippen LogP contribution < -0.4 is 4.90 Å². The van der Waals surface area contributed by atoms with Crippen molar-refractivity contribution in [3.8, 4) is 0 Å². The molecule has 0 radical (unpaired) electrons. The summed E-state index contributed by atoms with van der Waals surface area (Å²) in [7, 11) is 0. The van der Waals surface area contributed by atoms with Crippen molar-refractivity contribution in [3.63, 3.8) is 0 Å². The van der Waals surface area contributed by atoms with Crippen LogP contribution in [-0.4, -0.2) is 47.6 Å². The molecule has 0 bridgehead atoms. The fourth-order valence-corrected chi connectivity index (χ4v) is 3.37. The molecule has 2 heterocycles. The molecule has 8 nitrogen and oxygen atoms in total. The molecule has 1 saturated heterocycles. The second-order valence-corrected chi connectivity index (χ2v) is 6.61. The molecule has 4 amide bonds. The summed E-state index contributed by atoms with van der Waals surface area (Å²) < 4.78 is 5.16. The van der Waals surface area contributed by atoms with E-state index in [4.69, 9.17) is 4.74 Å². The minimum absolute atomic E-state index is 0.0487. The van der Waals surface area contributed by atoms with Crippen LogP contribution in [0.2, 0.25) is 0 Å². The minimum Gasteiger partial charge on any atom is -0.460 e. The zero-order valence-corrected chi connectivity index (χ0v) is 15.3. The van der Waals surface area contributed by atoms with Crippen LogP contribution >= 0.6 is 0 Å². The van der Waals surface area contributed by atoms with Gasteiger partial charge in [0.05, 0.1) is 28.9 Å². The highest BCUT2D eigenvalue weighted by atomic mass is 16.5. The van der Waals surface area contributed by atoms with Crippen molar-refractivity contribution < 1.29 is 28.7 Å². The van der Waals surface area contributed by atoms with E-state index in [2.05, 4.69) is 0 Å². The van der Waals surface area contributed by atoms with Crippen LogP contribution in [0, 0.1) is 0 Å². The Balaban J connectivity index is 1.35. The first-order valence-corrected chi connectivity index (χ1v) is 9.05. The molecule has 29 heavy (non-hydrogen) atoms. The number of amides is 4. The first-order valence-electron chi connectivity index (χ1n) is 9.05. The van der Waals surface area contributed by atoms with Gasteiger partial charge in [-0.05, 0) is 36.4 Å². The third kappa shape index (κ3) is 3.29.